The van der Waals surface area contributed by atoms with E-state index in [0.717, 1.165) is 31.6 Å². The second-order valence-corrected chi connectivity index (χ2v) is 5.65. The molecule has 6 nitrogen and oxygen atoms in total. The van der Waals surface area contributed by atoms with Gasteiger partial charge in [0.05, 0.1) is 0 Å². The van der Waals surface area contributed by atoms with Gasteiger partial charge in [-0.1, -0.05) is 24.3 Å². The Morgan fingerprint density at radius 3 is 2.59 bits per heavy atom. The lowest BCUT2D eigenvalue weighted by Gasteiger charge is -2.26. The van der Waals surface area contributed by atoms with Crippen LogP contribution in [0.2, 0.25) is 0 Å². The van der Waals surface area contributed by atoms with E-state index in [1.165, 1.54) is 5.56 Å². The monoisotopic (exact) mass is 304 g/mol. The normalized spacial score (nSPS) is 21.6. The van der Waals surface area contributed by atoms with Crippen molar-refractivity contribution in [1.82, 2.24) is 10.6 Å². The number of ether oxygens (including phenoxy) is 2. The van der Waals surface area contributed by atoms with E-state index < -0.39 is 12.1 Å². The smallest absolute Gasteiger partial charge is 0.408 e. The molecule has 6 heteroatoms. The Morgan fingerprint density at radius 2 is 2.00 bits per heavy atom. The van der Waals surface area contributed by atoms with Crippen LogP contribution in [0.4, 0.5) is 4.79 Å². The molecule has 0 saturated carbocycles. The van der Waals surface area contributed by atoms with Crippen LogP contribution in [0.5, 0.6) is 0 Å². The van der Waals surface area contributed by atoms with Crippen molar-refractivity contribution in [1.29, 1.82) is 0 Å². The first-order chi connectivity index (χ1) is 10.7. The van der Waals surface area contributed by atoms with Gasteiger partial charge in [-0.15, -0.1) is 0 Å². The van der Waals surface area contributed by atoms with E-state index in [4.69, 9.17) is 9.47 Å². The first-order valence-electron chi connectivity index (χ1n) is 7.60. The third kappa shape index (κ3) is 3.57. The van der Waals surface area contributed by atoms with Gasteiger partial charge in [0, 0.05) is 19.8 Å². The molecule has 0 aromatic heterocycles. The van der Waals surface area contributed by atoms with E-state index >= 15 is 0 Å². The highest BCUT2D eigenvalue weighted by Gasteiger charge is 2.29. The van der Waals surface area contributed by atoms with Crippen molar-refractivity contribution in [3.8, 4) is 0 Å². The van der Waals surface area contributed by atoms with Crippen molar-refractivity contribution in [2.45, 2.75) is 31.4 Å². The fraction of sp³-hybridized carbons (Fsp3) is 0.500. The predicted octanol–water partition coefficient (Wildman–Crippen LogP) is 1.31. The van der Waals surface area contributed by atoms with E-state index in [9.17, 15) is 9.59 Å². The molecule has 0 unspecified atom stereocenters. The van der Waals surface area contributed by atoms with Gasteiger partial charge in [0.15, 0.2) is 0 Å². The summed E-state index contributed by atoms with van der Waals surface area (Å²) in [5, 5.41) is 5.07. The summed E-state index contributed by atoms with van der Waals surface area (Å²) in [5.41, 5.74) is 2.24. The lowest BCUT2D eigenvalue weighted by molar-refractivity contribution is -0.128. The molecule has 2 heterocycles. The van der Waals surface area contributed by atoms with Crippen LogP contribution in [0.15, 0.2) is 24.3 Å². The molecular weight excluding hydrogens is 284 g/mol. The number of benzene rings is 1. The zero-order valence-corrected chi connectivity index (χ0v) is 12.3. The van der Waals surface area contributed by atoms with Crippen LogP contribution < -0.4 is 10.6 Å². The van der Waals surface area contributed by atoms with Crippen LogP contribution in [0.1, 0.15) is 29.9 Å². The summed E-state index contributed by atoms with van der Waals surface area (Å²) < 4.78 is 10.5. The first kappa shape index (κ1) is 14.8. The molecule has 1 aromatic rings. The second-order valence-electron chi connectivity index (χ2n) is 5.65. The van der Waals surface area contributed by atoms with Crippen molar-refractivity contribution >= 4 is 12.0 Å². The number of carbonyl (C=O) groups is 2. The van der Waals surface area contributed by atoms with Crippen LogP contribution in [0, 0.1) is 0 Å². The lowest BCUT2D eigenvalue weighted by Crippen LogP contribution is -2.61. The minimum Gasteiger partial charge on any atom is -0.445 e. The summed E-state index contributed by atoms with van der Waals surface area (Å²) in [6.07, 6.45) is 1.55. The molecule has 118 valence electrons. The summed E-state index contributed by atoms with van der Waals surface area (Å²) in [6.45, 7) is 2.32. The molecule has 2 saturated heterocycles. The molecule has 22 heavy (non-hydrogen) atoms. The number of nitrogens with one attached hydrogen (secondary N) is 2. The van der Waals surface area contributed by atoms with E-state index in [1.54, 1.807) is 0 Å². The SMILES string of the molecule is O=C(N[C@H]1CNC1=O)OCc1ccc(C2CCOCC2)cc1. The van der Waals surface area contributed by atoms with Gasteiger partial charge < -0.3 is 20.1 Å². The molecule has 2 aliphatic rings. The molecule has 2 aliphatic heterocycles. The Kier molecular flexibility index (Phi) is 4.58. The third-order valence-electron chi connectivity index (χ3n) is 4.13. The zero-order chi connectivity index (χ0) is 15.4. The topological polar surface area (TPSA) is 76.7 Å². The predicted molar refractivity (Wildman–Crippen MR) is 79.4 cm³/mol. The summed E-state index contributed by atoms with van der Waals surface area (Å²) in [4.78, 5) is 22.6. The Balaban J connectivity index is 1.46. The summed E-state index contributed by atoms with van der Waals surface area (Å²) >= 11 is 0. The second kappa shape index (κ2) is 6.79. The first-order valence-corrected chi connectivity index (χ1v) is 7.60. The van der Waals surface area contributed by atoms with Crippen LogP contribution in [-0.4, -0.2) is 37.8 Å². The number of hydrogen-bond acceptors (Lipinski definition) is 4. The van der Waals surface area contributed by atoms with Gasteiger partial charge in [0.2, 0.25) is 5.91 Å². The molecule has 2 amide bonds. The van der Waals surface area contributed by atoms with Gasteiger partial charge in [0.1, 0.15) is 12.6 Å². The number of hydrogen-bond donors (Lipinski definition) is 2. The maximum absolute atomic E-state index is 11.6. The molecule has 1 atom stereocenters. The highest BCUT2D eigenvalue weighted by Crippen LogP contribution is 2.26. The molecule has 0 spiro atoms. The minimum atomic E-state index is -0.562. The van der Waals surface area contributed by atoms with Crippen LogP contribution in [0.3, 0.4) is 0 Å². The van der Waals surface area contributed by atoms with Gasteiger partial charge >= 0.3 is 6.09 Å². The number of carbonyl (C=O) groups excluding carboxylic acids is 2. The average Bonchev–Trinajstić information content (AvgIpc) is 2.58. The fourth-order valence-electron chi connectivity index (χ4n) is 2.65. The van der Waals surface area contributed by atoms with E-state index in [-0.39, 0.29) is 12.5 Å². The molecule has 2 fully saturated rings. The number of rotatable bonds is 4. The largest absolute Gasteiger partial charge is 0.445 e. The van der Waals surface area contributed by atoms with Crippen molar-refractivity contribution in [3.05, 3.63) is 35.4 Å². The van der Waals surface area contributed by atoms with Crippen molar-refractivity contribution < 1.29 is 19.1 Å². The summed E-state index contributed by atoms with van der Waals surface area (Å²) in [6, 6.07) is 7.68. The Hall–Kier alpha value is -2.08. The average molecular weight is 304 g/mol. The van der Waals surface area contributed by atoms with Gasteiger partial charge in [-0.25, -0.2) is 4.79 Å². The standard InChI is InChI=1S/C16H20N2O4/c19-15-14(9-17-15)18-16(20)22-10-11-1-3-12(4-2-11)13-5-7-21-8-6-13/h1-4,13-14H,5-10H2,(H,17,19)(H,18,20)/t14-/m0/s1. The molecule has 3 rings (SSSR count). The van der Waals surface area contributed by atoms with Gasteiger partial charge in [-0.05, 0) is 29.9 Å². The van der Waals surface area contributed by atoms with Crippen molar-refractivity contribution in [2.24, 2.45) is 0 Å². The Morgan fingerprint density at radius 1 is 1.27 bits per heavy atom. The quantitative estimate of drug-likeness (QED) is 0.822. The maximum atomic E-state index is 11.6. The van der Waals surface area contributed by atoms with E-state index in [1.807, 2.05) is 12.1 Å². The van der Waals surface area contributed by atoms with Crippen LogP contribution in [0.25, 0.3) is 0 Å². The Bertz CT molecular complexity index is 538. The van der Waals surface area contributed by atoms with Gasteiger partial charge in [-0.3, -0.25) is 4.79 Å². The van der Waals surface area contributed by atoms with E-state index in [2.05, 4.69) is 22.8 Å². The molecule has 0 aliphatic carbocycles. The molecule has 0 bridgehead atoms. The summed E-state index contributed by atoms with van der Waals surface area (Å²) in [5.74, 6) is 0.391. The fourth-order valence-corrected chi connectivity index (χ4v) is 2.65. The van der Waals surface area contributed by atoms with E-state index in [0.29, 0.717) is 12.5 Å². The van der Waals surface area contributed by atoms with Gasteiger partial charge in [0.25, 0.3) is 0 Å². The van der Waals surface area contributed by atoms with Crippen LogP contribution in [-0.2, 0) is 20.9 Å². The zero-order valence-electron chi connectivity index (χ0n) is 12.3. The molecule has 1 aromatic carbocycles. The van der Waals surface area contributed by atoms with Crippen LogP contribution >= 0.6 is 0 Å². The number of alkyl carbamates (subject to hydrolysis) is 1. The number of β-lactam (4-membered cyclic amide) rings is 1. The highest BCUT2D eigenvalue weighted by atomic mass is 16.5. The highest BCUT2D eigenvalue weighted by molar-refractivity contribution is 5.90. The summed E-state index contributed by atoms with van der Waals surface area (Å²) in [7, 11) is 0. The third-order valence-corrected chi connectivity index (χ3v) is 4.13. The minimum absolute atomic E-state index is 0.169. The Labute approximate surface area is 129 Å². The number of amides is 2. The maximum Gasteiger partial charge on any atom is 0.408 e. The van der Waals surface area contributed by atoms with Gasteiger partial charge in [-0.2, -0.15) is 0 Å². The lowest BCUT2D eigenvalue weighted by atomic mass is 9.91. The van der Waals surface area contributed by atoms with Crippen molar-refractivity contribution in [3.63, 3.8) is 0 Å². The molecular formula is C16H20N2O4. The molecule has 0 radical (unpaired) electrons. The van der Waals surface area contributed by atoms with Crippen molar-refractivity contribution in [2.75, 3.05) is 19.8 Å². The molecule has 2 N–H and O–H groups in total.